The first-order valence-electron chi connectivity index (χ1n) is 2.82. The van der Waals surface area contributed by atoms with Gasteiger partial charge in [0.2, 0.25) is 0 Å². The third-order valence-electron chi connectivity index (χ3n) is 1.36. The van der Waals surface area contributed by atoms with Crippen LogP contribution in [0.25, 0.3) is 0 Å². The van der Waals surface area contributed by atoms with Crippen LogP contribution in [0, 0.1) is 0 Å². The highest BCUT2D eigenvalue weighted by Gasteiger charge is 2.31. The van der Waals surface area contributed by atoms with Crippen LogP contribution in [0.15, 0.2) is 0 Å². The summed E-state index contributed by atoms with van der Waals surface area (Å²) < 4.78 is 4.89. The molecule has 0 aliphatic carbocycles. The van der Waals surface area contributed by atoms with E-state index >= 15 is 0 Å². The monoisotopic (exact) mass is 152 g/mol. The lowest BCUT2D eigenvalue weighted by molar-refractivity contribution is -0.00394. The Morgan fingerprint density at radius 2 is 2.33 bits per heavy atom. The van der Waals surface area contributed by atoms with Crippen LogP contribution < -0.4 is 0 Å². The van der Waals surface area contributed by atoms with Crippen molar-refractivity contribution in [3.05, 3.63) is 0 Å². The van der Waals surface area contributed by atoms with Gasteiger partial charge in [0.15, 0.2) is 0 Å². The molecule has 1 fully saturated rings. The SMILES string of the molecule is OC[C@@H]1OC(Cl)C[C@H]1O. The molecule has 0 radical (unpaired) electrons. The van der Waals surface area contributed by atoms with E-state index in [0.29, 0.717) is 6.42 Å². The van der Waals surface area contributed by atoms with E-state index in [1.807, 2.05) is 0 Å². The zero-order chi connectivity index (χ0) is 6.85. The Balaban J connectivity index is 2.38. The van der Waals surface area contributed by atoms with Crippen molar-refractivity contribution in [2.45, 2.75) is 24.2 Å². The Kier molecular flexibility index (Phi) is 2.29. The van der Waals surface area contributed by atoms with Crippen molar-refractivity contribution >= 4 is 11.6 Å². The number of alkyl halides is 1. The van der Waals surface area contributed by atoms with Crippen molar-refractivity contribution in [3.63, 3.8) is 0 Å². The summed E-state index contributed by atoms with van der Waals surface area (Å²) in [6.45, 7) is -0.162. The molecular weight excluding hydrogens is 144 g/mol. The average Bonchev–Trinajstić information content (AvgIpc) is 2.10. The van der Waals surface area contributed by atoms with Gasteiger partial charge in [-0.1, -0.05) is 11.6 Å². The Hall–Kier alpha value is 0.170. The molecule has 0 aromatic rings. The van der Waals surface area contributed by atoms with E-state index in [-0.39, 0.29) is 6.61 Å². The first kappa shape index (κ1) is 7.28. The lowest BCUT2D eigenvalue weighted by Crippen LogP contribution is -2.24. The van der Waals surface area contributed by atoms with Gasteiger partial charge >= 0.3 is 0 Å². The van der Waals surface area contributed by atoms with Gasteiger partial charge in [-0.2, -0.15) is 0 Å². The van der Waals surface area contributed by atoms with Crippen molar-refractivity contribution < 1.29 is 14.9 Å². The van der Waals surface area contributed by atoms with Gasteiger partial charge in [0.25, 0.3) is 0 Å². The summed E-state index contributed by atoms with van der Waals surface area (Å²) in [5, 5.41) is 17.5. The molecule has 9 heavy (non-hydrogen) atoms. The first-order chi connectivity index (χ1) is 4.24. The molecule has 0 aromatic heterocycles. The highest BCUT2D eigenvalue weighted by atomic mass is 35.5. The number of ether oxygens (including phenoxy) is 1. The second kappa shape index (κ2) is 2.84. The molecule has 3 nitrogen and oxygen atoms in total. The van der Waals surface area contributed by atoms with Gasteiger partial charge in [-0.3, -0.25) is 0 Å². The van der Waals surface area contributed by atoms with Gasteiger partial charge in [-0.25, -0.2) is 0 Å². The zero-order valence-electron chi connectivity index (χ0n) is 4.83. The average molecular weight is 153 g/mol. The summed E-state index contributed by atoms with van der Waals surface area (Å²) in [7, 11) is 0. The molecule has 0 saturated carbocycles. The van der Waals surface area contributed by atoms with Crippen molar-refractivity contribution in [1.29, 1.82) is 0 Å². The molecule has 3 atom stereocenters. The number of aliphatic hydroxyl groups is 2. The molecular formula is C5H9ClO3. The fourth-order valence-electron chi connectivity index (χ4n) is 0.842. The minimum absolute atomic E-state index is 0.162. The Morgan fingerprint density at radius 1 is 1.67 bits per heavy atom. The molecule has 0 spiro atoms. The van der Waals surface area contributed by atoms with E-state index < -0.39 is 17.8 Å². The molecule has 1 aliphatic heterocycles. The maximum atomic E-state index is 8.99. The topological polar surface area (TPSA) is 49.7 Å². The van der Waals surface area contributed by atoms with Crippen molar-refractivity contribution in [1.82, 2.24) is 0 Å². The first-order valence-corrected chi connectivity index (χ1v) is 3.26. The molecule has 2 N–H and O–H groups in total. The lowest BCUT2D eigenvalue weighted by atomic mass is 10.2. The quantitative estimate of drug-likeness (QED) is 0.507. The van der Waals surface area contributed by atoms with Crippen molar-refractivity contribution in [3.8, 4) is 0 Å². The number of rotatable bonds is 1. The third-order valence-corrected chi connectivity index (χ3v) is 1.64. The van der Waals surface area contributed by atoms with Crippen molar-refractivity contribution in [2.75, 3.05) is 6.61 Å². The highest BCUT2D eigenvalue weighted by molar-refractivity contribution is 6.19. The van der Waals surface area contributed by atoms with Crippen LogP contribution in [0.3, 0.4) is 0 Å². The van der Waals surface area contributed by atoms with Gasteiger partial charge in [0.05, 0.1) is 12.7 Å². The number of hydrogen-bond donors (Lipinski definition) is 2. The van der Waals surface area contributed by atoms with Crippen LogP contribution in [0.5, 0.6) is 0 Å². The number of halogens is 1. The predicted molar refractivity (Wildman–Crippen MR) is 32.2 cm³/mol. The standard InChI is InChI=1S/C5H9ClO3/c6-5-1-3(8)4(2-7)9-5/h3-5,7-8H,1-2H2/t3-,4+,5?/m1/s1. The minimum Gasteiger partial charge on any atom is -0.394 e. The Morgan fingerprint density at radius 3 is 2.56 bits per heavy atom. The van der Waals surface area contributed by atoms with Crippen molar-refractivity contribution in [2.24, 2.45) is 0 Å². The van der Waals surface area contributed by atoms with Gasteiger partial charge in [-0.15, -0.1) is 0 Å². The summed E-state index contributed by atoms with van der Waals surface area (Å²) >= 11 is 5.49. The molecule has 1 unspecified atom stereocenters. The van der Waals surface area contributed by atoms with Crippen LogP contribution >= 0.6 is 11.6 Å². The maximum Gasteiger partial charge on any atom is 0.134 e. The zero-order valence-corrected chi connectivity index (χ0v) is 5.58. The van der Waals surface area contributed by atoms with E-state index in [9.17, 15) is 0 Å². The normalized spacial score (nSPS) is 43.7. The van der Waals surface area contributed by atoms with E-state index in [0.717, 1.165) is 0 Å². The Bertz CT molecular complexity index is 98.2. The molecule has 1 rings (SSSR count). The van der Waals surface area contributed by atoms with Gasteiger partial charge in [0.1, 0.15) is 11.7 Å². The molecule has 1 heterocycles. The minimum atomic E-state index is -0.600. The van der Waals surface area contributed by atoms with Crippen LogP contribution in [0.4, 0.5) is 0 Å². The van der Waals surface area contributed by atoms with E-state index in [1.54, 1.807) is 0 Å². The largest absolute Gasteiger partial charge is 0.394 e. The number of hydrogen-bond acceptors (Lipinski definition) is 3. The number of aliphatic hydroxyl groups excluding tert-OH is 2. The maximum absolute atomic E-state index is 8.99. The van der Waals surface area contributed by atoms with Gasteiger partial charge in [-0.05, 0) is 0 Å². The second-order valence-electron chi connectivity index (χ2n) is 2.07. The van der Waals surface area contributed by atoms with Gasteiger partial charge in [0, 0.05) is 6.42 Å². The fourth-order valence-corrected chi connectivity index (χ4v) is 1.16. The summed E-state index contributed by atoms with van der Waals surface area (Å²) in [5.74, 6) is 0. The van der Waals surface area contributed by atoms with Crippen LogP contribution in [0.1, 0.15) is 6.42 Å². The molecule has 54 valence electrons. The third kappa shape index (κ3) is 1.55. The van der Waals surface area contributed by atoms with E-state index in [2.05, 4.69) is 0 Å². The summed E-state index contributed by atoms with van der Waals surface area (Å²) in [4.78, 5) is 0. The van der Waals surface area contributed by atoms with Gasteiger partial charge < -0.3 is 14.9 Å². The van der Waals surface area contributed by atoms with E-state index in [4.69, 9.17) is 26.6 Å². The van der Waals surface area contributed by atoms with Crippen LogP contribution in [0.2, 0.25) is 0 Å². The van der Waals surface area contributed by atoms with E-state index in [1.165, 1.54) is 0 Å². The molecule has 0 bridgehead atoms. The molecule has 4 heteroatoms. The summed E-state index contributed by atoms with van der Waals surface area (Å²) in [6.07, 6.45) is -0.669. The van der Waals surface area contributed by atoms with Crippen LogP contribution in [-0.4, -0.2) is 34.6 Å². The molecule has 0 aromatic carbocycles. The fraction of sp³-hybridized carbons (Fsp3) is 1.00. The van der Waals surface area contributed by atoms with Crippen LogP contribution in [-0.2, 0) is 4.74 Å². The second-order valence-corrected chi connectivity index (χ2v) is 2.56. The predicted octanol–water partition coefficient (Wildman–Crippen LogP) is -0.307. The molecule has 1 saturated heterocycles. The lowest BCUT2D eigenvalue weighted by Gasteiger charge is -2.08. The summed E-state index contributed by atoms with van der Waals surface area (Å²) in [5.41, 5.74) is -0.433. The highest BCUT2D eigenvalue weighted by Crippen LogP contribution is 2.22. The Labute approximate surface area is 58.2 Å². The molecule has 1 aliphatic rings. The smallest absolute Gasteiger partial charge is 0.134 e. The molecule has 0 amide bonds. The summed E-state index contributed by atoms with van der Waals surface area (Å²) in [6, 6.07) is 0.